The van der Waals surface area contributed by atoms with Gasteiger partial charge in [0.25, 0.3) is 0 Å². The third-order valence-electron chi connectivity index (χ3n) is 16.5. The van der Waals surface area contributed by atoms with Gasteiger partial charge in [0.2, 0.25) is 0 Å². The third-order valence-corrected chi connectivity index (χ3v) is 18.4. The highest BCUT2D eigenvalue weighted by Crippen LogP contribution is 2.45. The molecule has 0 aliphatic carbocycles. The van der Waals surface area contributed by atoms with Crippen molar-refractivity contribution in [1.29, 1.82) is 0 Å². The lowest BCUT2D eigenvalue weighted by molar-refractivity contribution is -0.161. The molecule has 534 valence electrons. The molecule has 0 saturated heterocycles. The van der Waals surface area contributed by atoms with Crippen LogP contribution < -0.4 is 0 Å². The molecule has 0 heterocycles. The van der Waals surface area contributed by atoms with E-state index in [0.29, 0.717) is 31.6 Å². The van der Waals surface area contributed by atoms with E-state index in [9.17, 15) is 43.2 Å². The van der Waals surface area contributed by atoms with E-state index in [0.717, 1.165) is 96.3 Å². The van der Waals surface area contributed by atoms with Gasteiger partial charge in [-0.15, -0.1) is 0 Å². The minimum absolute atomic E-state index is 0.103. The number of esters is 4. The van der Waals surface area contributed by atoms with E-state index in [1.54, 1.807) is 0 Å². The Kier molecular flexibility index (Phi) is 63.0. The fourth-order valence-electron chi connectivity index (χ4n) is 10.8. The highest BCUT2D eigenvalue weighted by Gasteiger charge is 2.30. The quantitative estimate of drug-likeness (QED) is 0.0222. The summed E-state index contributed by atoms with van der Waals surface area (Å²) in [5, 5.41) is 10.5. The topological polar surface area (TPSA) is 237 Å². The van der Waals surface area contributed by atoms with Crippen molar-refractivity contribution >= 4 is 39.5 Å². The van der Waals surface area contributed by atoms with Crippen molar-refractivity contribution < 1.29 is 80.2 Å². The van der Waals surface area contributed by atoms with Gasteiger partial charge in [-0.2, -0.15) is 0 Å². The molecule has 17 nitrogen and oxygen atoms in total. The van der Waals surface area contributed by atoms with Crippen LogP contribution in [0.15, 0.2) is 0 Å². The molecule has 0 aliphatic heterocycles. The van der Waals surface area contributed by atoms with E-state index in [1.165, 1.54) is 186 Å². The number of aliphatic hydroxyl groups is 1. The number of carbonyl (C=O) groups is 4. The van der Waals surface area contributed by atoms with Crippen molar-refractivity contribution in [2.75, 3.05) is 39.6 Å². The molecule has 0 saturated carbocycles. The van der Waals surface area contributed by atoms with Gasteiger partial charge in [-0.3, -0.25) is 37.3 Å². The molecule has 0 rings (SSSR count). The van der Waals surface area contributed by atoms with Gasteiger partial charge in [-0.25, -0.2) is 9.13 Å². The Morgan fingerprint density at radius 3 is 0.756 bits per heavy atom. The molecule has 0 bridgehead atoms. The molecule has 0 radical (unpaired) electrons. The first kappa shape index (κ1) is 88.1. The van der Waals surface area contributed by atoms with Crippen LogP contribution in [-0.4, -0.2) is 96.7 Å². The van der Waals surface area contributed by atoms with Crippen molar-refractivity contribution in [2.24, 2.45) is 5.92 Å². The lowest BCUT2D eigenvalue weighted by Crippen LogP contribution is -2.30. The summed E-state index contributed by atoms with van der Waals surface area (Å²) in [6.07, 6.45) is 52.1. The van der Waals surface area contributed by atoms with Gasteiger partial charge in [0.15, 0.2) is 12.2 Å². The summed E-state index contributed by atoms with van der Waals surface area (Å²) in [6, 6.07) is 0. The van der Waals surface area contributed by atoms with Gasteiger partial charge in [0, 0.05) is 25.7 Å². The molecular weight excluding hydrogens is 1190 g/mol. The fourth-order valence-corrected chi connectivity index (χ4v) is 12.4. The molecule has 3 N–H and O–H groups in total. The Morgan fingerprint density at radius 1 is 0.300 bits per heavy atom. The van der Waals surface area contributed by atoms with Gasteiger partial charge in [0.05, 0.1) is 26.4 Å². The normalized spacial score (nSPS) is 14.1. The number of hydrogen-bond acceptors (Lipinski definition) is 15. The molecule has 5 atom stereocenters. The first-order chi connectivity index (χ1) is 43.5. The summed E-state index contributed by atoms with van der Waals surface area (Å²) >= 11 is 0. The molecule has 2 unspecified atom stereocenters. The standard InChI is InChI=1S/C71H138O17P2/c1-6-9-12-15-17-19-21-23-24-25-26-27-28-29-30-31-33-35-37-41-46-51-56-70(75)88-67(61-82-69(74)55-50-45-40-36-34-32-22-20-18-16-13-10-7-2)63-86-90(79,80)84-59-65(72)58-83-89(77,78)85-62-66(60-81-68(73)54-49-43-14-11-8-3)87-71(76)57-52-47-42-38-39-44-48-53-64(4)5/h64-67,72H,6-63H2,1-5H3,(H,77,78)(H,79,80)/t65-,66+,67+/m0/s1. The monoisotopic (exact) mass is 1320 g/mol. The van der Waals surface area contributed by atoms with Crippen LogP contribution in [0.4, 0.5) is 0 Å². The molecule has 0 aromatic carbocycles. The van der Waals surface area contributed by atoms with Gasteiger partial charge < -0.3 is 33.8 Å². The highest BCUT2D eigenvalue weighted by atomic mass is 31.2. The van der Waals surface area contributed by atoms with E-state index in [1.807, 2.05) is 0 Å². The summed E-state index contributed by atoms with van der Waals surface area (Å²) in [5.41, 5.74) is 0. The van der Waals surface area contributed by atoms with Crippen LogP contribution in [-0.2, 0) is 65.4 Å². The lowest BCUT2D eigenvalue weighted by Gasteiger charge is -2.21. The molecule has 0 aliphatic rings. The zero-order valence-electron chi connectivity index (χ0n) is 58.3. The average Bonchev–Trinajstić information content (AvgIpc) is 2.94. The van der Waals surface area contributed by atoms with Crippen LogP contribution in [0.25, 0.3) is 0 Å². The summed E-state index contributed by atoms with van der Waals surface area (Å²) in [5.74, 6) is -1.44. The molecule has 0 aromatic rings. The minimum Gasteiger partial charge on any atom is -0.462 e. The van der Waals surface area contributed by atoms with Crippen LogP contribution in [0.3, 0.4) is 0 Å². The van der Waals surface area contributed by atoms with Gasteiger partial charge in [-0.1, -0.05) is 317 Å². The van der Waals surface area contributed by atoms with Crippen LogP contribution in [0, 0.1) is 5.92 Å². The van der Waals surface area contributed by atoms with Crippen molar-refractivity contribution in [3.8, 4) is 0 Å². The van der Waals surface area contributed by atoms with Gasteiger partial charge in [-0.05, 0) is 31.6 Å². The summed E-state index contributed by atoms with van der Waals surface area (Å²) < 4.78 is 68.0. The molecule has 0 aromatic heterocycles. The number of hydrogen-bond donors (Lipinski definition) is 3. The number of unbranched alkanes of at least 4 members (excludes halogenated alkanes) is 43. The second-order valence-corrected chi connectivity index (χ2v) is 29.0. The zero-order valence-corrected chi connectivity index (χ0v) is 60.1. The molecular formula is C71H138O17P2. The van der Waals surface area contributed by atoms with Gasteiger partial charge >= 0.3 is 39.5 Å². The van der Waals surface area contributed by atoms with Gasteiger partial charge in [0.1, 0.15) is 19.3 Å². The van der Waals surface area contributed by atoms with Crippen molar-refractivity contribution in [2.45, 2.75) is 387 Å². The SMILES string of the molecule is CCCCCCCCCCCCCCCCCCCCCCCCC(=O)O[C@H](COC(=O)CCCCCCCCCCCCCCC)COP(=O)(O)OC[C@@H](O)COP(=O)(O)OC[C@@H](COC(=O)CCCCCCC)OC(=O)CCCCCCCCCC(C)C. The van der Waals surface area contributed by atoms with Crippen molar-refractivity contribution in [1.82, 2.24) is 0 Å². The zero-order chi connectivity index (χ0) is 66.3. The second kappa shape index (κ2) is 64.4. The van der Waals surface area contributed by atoms with Crippen LogP contribution in [0.1, 0.15) is 369 Å². The van der Waals surface area contributed by atoms with E-state index >= 15 is 0 Å². The predicted molar refractivity (Wildman–Crippen MR) is 363 cm³/mol. The molecule has 0 amide bonds. The molecule has 90 heavy (non-hydrogen) atoms. The van der Waals surface area contributed by atoms with Crippen molar-refractivity contribution in [3.63, 3.8) is 0 Å². The highest BCUT2D eigenvalue weighted by molar-refractivity contribution is 7.47. The Bertz CT molecular complexity index is 1740. The maximum atomic E-state index is 13.0. The second-order valence-electron chi connectivity index (χ2n) is 26.1. The Hall–Kier alpha value is -1.94. The van der Waals surface area contributed by atoms with E-state index < -0.39 is 97.5 Å². The number of phosphoric ester groups is 2. The first-order valence-electron chi connectivity index (χ1n) is 37.1. The number of rotatable bonds is 71. The number of aliphatic hydroxyl groups excluding tert-OH is 1. The van der Waals surface area contributed by atoms with Crippen LogP contribution >= 0.6 is 15.6 Å². The fraction of sp³-hybridized carbons (Fsp3) is 0.944. The van der Waals surface area contributed by atoms with E-state index in [-0.39, 0.29) is 25.7 Å². The van der Waals surface area contributed by atoms with Crippen LogP contribution in [0.2, 0.25) is 0 Å². The smallest absolute Gasteiger partial charge is 0.462 e. The van der Waals surface area contributed by atoms with Crippen molar-refractivity contribution in [3.05, 3.63) is 0 Å². The maximum absolute atomic E-state index is 13.0. The summed E-state index contributed by atoms with van der Waals surface area (Å²) in [4.78, 5) is 72.2. The molecule has 0 spiro atoms. The molecule has 19 heteroatoms. The molecule has 0 fully saturated rings. The number of carbonyl (C=O) groups excluding carboxylic acids is 4. The minimum atomic E-state index is -4.95. The lowest BCUT2D eigenvalue weighted by atomic mass is 10.0. The summed E-state index contributed by atoms with van der Waals surface area (Å²) in [6.45, 7) is 7.09. The Morgan fingerprint density at radius 2 is 0.511 bits per heavy atom. The largest absolute Gasteiger partial charge is 0.472 e. The van der Waals surface area contributed by atoms with E-state index in [4.69, 9.17) is 37.0 Å². The third kappa shape index (κ3) is 64.8. The Labute approximate surface area is 549 Å². The number of ether oxygens (including phenoxy) is 4. The first-order valence-corrected chi connectivity index (χ1v) is 40.1. The number of phosphoric acid groups is 2. The average molecular weight is 1330 g/mol. The predicted octanol–water partition coefficient (Wildman–Crippen LogP) is 20.5. The maximum Gasteiger partial charge on any atom is 0.472 e. The van der Waals surface area contributed by atoms with E-state index in [2.05, 4.69) is 34.6 Å². The summed E-state index contributed by atoms with van der Waals surface area (Å²) in [7, 11) is -9.89. The Balaban J connectivity index is 5.09. The van der Waals surface area contributed by atoms with Crippen LogP contribution in [0.5, 0.6) is 0 Å².